The van der Waals surface area contributed by atoms with Gasteiger partial charge in [-0.15, -0.1) is 0 Å². The summed E-state index contributed by atoms with van der Waals surface area (Å²) in [7, 11) is 0. The second kappa shape index (κ2) is 5.24. The maximum absolute atomic E-state index is 5.87. The second-order valence-corrected chi connectivity index (χ2v) is 4.70. The Kier molecular flexibility index (Phi) is 3.29. The predicted octanol–water partition coefficient (Wildman–Crippen LogP) is 3.65. The van der Waals surface area contributed by atoms with Crippen molar-refractivity contribution in [1.82, 2.24) is 14.8 Å². The summed E-state index contributed by atoms with van der Waals surface area (Å²) in [5.41, 5.74) is 3.13. The molecule has 3 nitrogen and oxygen atoms in total. The van der Waals surface area contributed by atoms with Crippen molar-refractivity contribution in [3.8, 4) is 11.3 Å². The molecule has 4 heteroatoms. The normalized spacial score (nSPS) is 10.6. The van der Waals surface area contributed by atoms with Crippen molar-refractivity contribution in [2.75, 3.05) is 0 Å². The summed E-state index contributed by atoms with van der Waals surface area (Å²) < 4.78 is 1.91. The van der Waals surface area contributed by atoms with Crippen molar-refractivity contribution in [1.29, 1.82) is 0 Å². The number of hydrogen-bond donors (Lipinski definition) is 0. The standard InChI is InChI=1S/C15H12ClN3/c16-14-5-3-12(4-6-14)11-19-9-7-15(18-19)13-2-1-8-17-10-13/h1-10H,11H2. The van der Waals surface area contributed by atoms with Crippen LogP contribution in [0.4, 0.5) is 0 Å². The minimum Gasteiger partial charge on any atom is -0.268 e. The van der Waals surface area contributed by atoms with Gasteiger partial charge in [-0.1, -0.05) is 23.7 Å². The van der Waals surface area contributed by atoms with E-state index in [0.29, 0.717) is 0 Å². The number of halogens is 1. The number of benzene rings is 1. The summed E-state index contributed by atoms with van der Waals surface area (Å²) in [5.74, 6) is 0. The SMILES string of the molecule is Clc1ccc(Cn2ccc(-c3cccnc3)n2)cc1. The molecule has 0 aliphatic carbocycles. The summed E-state index contributed by atoms with van der Waals surface area (Å²) in [5, 5.41) is 5.29. The Labute approximate surface area is 116 Å². The lowest BCUT2D eigenvalue weighted by Crippen LogP contribution is -2.00. The molecule has 0 radical (unpaired) electrons. The van der Waals surface area contributed by atoms with Crippen LogP contribution < -0.4 is 0 Å². The van der Waals surface area contributed by atoms with E-state index >= 15 is 0 Å². The molecule has 19 heavy (non-hydrogen) atoms. The highest BCUT2D eigenvalue weighted by molar-refractivity contribution is 6.30. The quantitative estimate of drug-likeness (QED) is 0.727. The van der Waals surface area contributed by atoms with Gasteiger partial charge in [0.05, 0.1) is 12.2 Å². The third kappa shape index (κ3) is 2.83. The minimum absolute atomic E-state index is 0.734. The first-order chi connectivity index (χ1) is 9.31. The maximum atomic E-state index is 5.87. The van der Waals surface area contributed by atoms with E-state index in [-0.39, 0.29) is 0 Å². The molecule has 0 bridgehead atoms. The summed E-state index contributed by atoms with van der Waals surface area (Å²) >= 11 is 5.87. The van der Waals surface area contributed by atoms with Crippen LogP contribution in [0.2, 0.25) is 5.02 Å². The molecule has 0 aliphatic heterocycles. The van der Waals surface area contributed by atoms with E-state index in [1.807, 2.05) is 59.5 Å². The summed E-state index contributed by atoms with van der Waals surface area (Å²) in [6, 6.07) is 13.7. The van der Waals surface area contributed by atoms with Gasteiger partial charge in [0.15, 0.2) is 0 Å². The molecule has 0 spiro atoms. The Hall–Kier alpha value is -2.13. The van der Waals surface area contributed by atoms with Gasteiger partial charge in [0.25, 0.3) is 0 Å². The topological polar surface area (TPSA) is 30.7 Å². The largest absolute Gasteiger partial charge is 0.268 e. The van der Waals surface area contributed by atoms with Crippen LogP contribution in [0.25, 0.3) is 11.3 Å². The van der Waals surface area contributed by atoms with Gasteiger partial charge >= 0.3 is 0 Å². The molecule has 0 aliphatic rings. The van der Waals surface area contributed by atoms with Crippen molar-refractivity contribution in [2.24, 2.45) is 0 Å². The van der Waals surface area contributed by atoms with Gasteiger partial charge < -0.3 is 0 Å². The second-order valence-electron chi connectivity index (χ2n) is 4.27. The Bertz CT molecular complexity index is 659. The molecule has 1 aromatic carbocycles. The van der Waals surface area contributed by atoms with E-state index in [0.717, 1.165) is 22.8 Å². The molecular formula is C15H12ClN3. The Balaban J connectivity index is 1.80. The molecule has 2 aromatic heterocycles. The Morgan fingerprint density at radius 1 is 1.05 bits per heavy atom. The van der Waals surface area contributed by atoms with Crippen molar-refractivity contribution >= 4 is 11.6 Å². The van der Waals surface area contributed by atoms with Gasteiger partial charge in [-0.05, 0) is 35.9 Å². The van der Waals surface area contributed by atoms with E-state index < -0.39 is 0 Å². The molecule has 0 N–H and O–H groups in total. The van der Waals surface area contributed by atoms with E-state index in [1.54, 1.807) is 6.20 Å². The Morgan fingerprint density at radius 2 is 1.89 bits per heavy atom. The fourth-order valence-corrected chi connectivity index (χ4v) is 2.02. The molecular weight excluding hydrogens is 258 g/mol. The molecule has 3 rings (SSSR count). The van der Waals surface area contributed by atoms with Crippen molar-refractivity contribution in [3.05, 3.63) is 71.6 Å². The molecule has 0 unspecified atom stereocenters. The van der Waals surface area contributed by atoms with Gasteiger partial charge in [0, 0.05) is 29.2 Å². The predicted molar refractivity (Wildman–Crippen MR) is 76.0 cm³/mol. The van der Waals surface area contributed by atoms with Gasteiger partial charge in [0.1, 0.15) is 0 Å². The highest BCUT2D eigenvalue weighted by atomic mass is 35.5. The maximum Gasteiger partial charge on any atom is 0.0938 e. The van der Waals surface area contributed by atoms with Gasteiger partial charge in [0.2, 0.25) is 0 Å². The van der Waals surface area contributed by atoms with Crippen molar-refractivity contribution in [3.63, 3.8) is 0 Å². The summed E-state index contributed by atoms with van der Waals surface area (Å²) in [6.45, 7) is 0.734. The first-order valence-corrected chi connectivity index (χ1v) is 6.37. The Morgan fingerprint density at radius 3 is 2.63 bits per heavy atom. The smallest absolute Gasteiger partial charge is 0.0938 e. The third-order valence-corrected chi connectivity index (χ3v) is 3.11. The molecule has 0 saturated heterocycles. The van der Waals surface area contributed by atoms with Crippen LogP contribution in [0.15, 0.2) is 61.1 Å². The molecule has 0 saturated carbocycles. The summed E-state index contributed by atoms with van der Waals surface area (Å²) in [6.07, 6.45) is 5.54. The zero-order valence-corrected chi connectivity index (χ0v) is 11.0. The number of rotatable bonds is 3. The monoisotopic (exact) mass is 269 g/mol. The van der Waals surface area contributed by atoms with E-state index in [1.165, 1.54) is 5.56 Å². The van der Waals surface area contributed by atoms with Crippen LogP contribution in [0.5, 0.6) is 0 Å². The van der Waals surface area contributed by atoms with Gasteiger partial charge in [-0.2, -0.15) is 5.10 Å². The first kappa shape index (κ1) is 11.9. The highest BCUT2D eigenvalue weighted by Crippen LogP contribution is 2.16. The fourth-order valence-electron chi connectivity index (χ4n) is 1.89. The average Bonchev–Trinajstić information content (AvgIpc) is 2.91. The van der Waals surface area contributed by atoms with Crippen LogP contribution in [0, 0.1) is 0 Å². The molecule has 2 heterocycles. The molecule has 0 atom stereocenters. The molecule has 3 aromatic rings. The van der Waals surface area contributed by atoms with Crippen LogP contribution in [0.1, 0.15) is 5.56 Å². The van der Waals surface area contributed by atoms with E-state index in [4.69, 9.17) is 11.6 Å². The number of pyridine rings is 1. The molecule has 0 amide bonds. The highest BCUT2D eigenvalue weighted by Gasteiger charge is 2.02. The number of aromatic nitrogens is 3. The first-order valence-electron chi connectivity index (χ1n) is 5.99. The van der Waals surface area contributed by atoms with E-state index in [2.05, 4.69) is 10.1 Å². The zero-order valence-electron chi connectivity index (χ0n) is 10.2. The number of hydrogen-bond acceptors (Lipinski definition) is 2. The lowest BCUT2D eigenvalue weighted by Gasteiger charge is -2.02. The zero-order chi connectivity index (χ0) is 13.1. The summed E-state index contributed by atoms with van der Waals surface area (Å²) in [4.78, 5) is 4.10. The van der Waals surface area contributed by atoms with Gasteiger partial charge in [-0.25, -0.2) is 0 Å². The van der Waals surface area contributed by atoms with Crippen LogP contribution in [0.3, 0.4) is 0 Å². The van der Waals surface area contributed by atoms with Crippen LogP contribution >= 0.6 is 11.6 Å². The molecule has 94 valence electrons. The van der Waals surface area contributed by atoms with Crippen molar-refractivity contribution in [2.45, 2.75) is 6.54 Å². The number of nitrogens with zero attached hydrogens (tertiary/aromatic N) is 3. The molecule has 0 fully saturated rings. The lowest BCUT2D eigenvalue weighted by molar-refractivity contribution is 0.689. The van der Waals surface area contributed by atoms with Gasteiger partial charge in [-0.3, -0.25) is 9.67 Å². The average molecular weight is 270 g/mol. The van der Waals surface area contributed by atoms with Crippen LogP contribution in [-0.2, 0) is 6.54 Å². The van der Waals surface area contributed by atoms with E-state index in [9.17, 15) is 0 Å². The lowest BCUT2D eigenvalue weighted by atomic mass is 10.2. The van der Waals surface area contributed by atoms with Crippen molar-refractivity contribution < 1.29 is 0 Å². The van der Waals surface area contributed by atoms with Crippen LogP contribution in [-0.4, -0.2) is 14.8 Å². The fraction of sp³-hybridized carbons (Fsp3) is 0.0667. The minimum atomic E-state index is 0.734. The third-order valence-electron chi connectivity index (χ3n) is 2.86.